The lowest BCUT2D eigenvalue weighted by atomic mass is 10.1. The Morgan fingerprint density at radius 1 is 1.38 bits per heavy atom. The van der Waals surface area contributed by atoms with Gasteiger partial charge in [-0.15, -0.1) is 0 Å². The maximum Gasteiger partial charge on any atom is 0.416 e. The van der Waals surface area contributed by atoms with Crippen LogP contribution in [-0.4, -0.2) is 66.5 Å². The number of halogens is 2. The normalized spacial score (nSPS) is 19.5. The average molecular weight is 451 g/mol. The number of rotatable bonds is 7. The van der Waals surface area contributed by atoms with Crippen LogP contribution in [0.5, 0.6) is 5.75 Å². The van der Waals surface area contributed by atoms with Crippen LogP contribution >= 0.6 is 0 Å². The number of nitrogens with one attached hydrogen (secondary N) is 1. The fraction of sp³-hybridized carbons (Fsp3) is 0.450. The number of carbonyl (C=O) groups is 2. The molecule has 0 radical (unpaired) electrons. The maximum absolute atomic E-state index is 13.3. The minimum Gasteiger partial charge on any atom is -0.491 e. The van der Waals surface area contributed by atoms with Crippen LogP contribution in [0.25, 0.3) is 11.4 Å². The summed E-state index contributed by atoms with van der Waals surface area (Å²) in [5, 5.41) is 3.04. The molecule has 2 aliphatic rings. The molecule has 1 aromatic heterocycles. The summed E-state index contributed by atoms with van der Waals surface area (Å²) < 4.78 is 44.3. The topological polar surface area (TPSA) is 121 Å². The van der Waals surface area contributed by atoms with Crippen LogP contribution in [0.15, 0.2) is 24.4 Å². The molecule has 3 N–H and O–H groups in total. The fourth-order valence-corrected chi connectivity index (χ4v) is 3.69. The molecule has 10 nitrogen and oxygen atoms in total. The number of primary amides is 1. The van der Waals surface area contributed by atoms with Crippen molar-refractivity contribution in [2.24, 2.45) is 5.73 Å². The predicted molar refractivity (Wildman–Crippen MR) is 110 cm³/mol. The molecule has 2 aromatic rings. The van der Waals surface area contributed by atoms with Gasteiger partial charge >= 0.3 is 6.09 Å². The molecular formula is C20H23F2N5O5. The van der Waals surface area contributed by atoms with Crippen molar-refractivity contribution in [3.05, 3.63) is 24.4 Å². The molecule has 12 heteroatoms. The van der Waals surface area contributed by atoms with Crippen LogP contribution in [0, 0.1) is 0 Å². The number of anilines is 2. The highest BCUT2D eigenvalue weighted by atomic mass is 19.3. The van der Waals surface area contributed by atoms with Gasteiger partial charge in [-0.1, -0.05) is 0 Å². The van der Waals surface area contributed by atoms with Gasteiger partial charge in [-0.3, -0.25) is 4.79 Å². The quantitative estimate of drug-likeness (QED) is 0.659. The molecule has 3 atom stereocenters. The number of amides is 2. The third kappa shape index (κ3) is 3.93. The van der Waals surface area contributed by atoms with Gasteiger partial charge in [0, 0.05) is 25.1 Å². The zero-order valence-electron chi connectivity index (χ0n) is 17.5. The SMILES string of the molecule is COC(C)C(Nc1ccc2c(c1)OCCn1cc(N3C(=O)OC[C@H]3C(F)F)nc1-2)C(N)=O. The van der Waals surface area contributed by atoms with Gasteiger partial charge in [-0.2, -0.15) is 0 Å². The second-order valence-corrected chi connectivity index (χ2v) is 7.49. The van der Waals surface area contributed by atoms with E-state index >= 15 is 0 Å². The lowest BCUT2D eigenvalue weighted by Gasteiger charge is -2.22. The molecule has 0 bridgehead atoms. The summed E-state index contributed by atoms with van der Waals surface area (Å²) in [5.41, 5.74) is 6.66. The van der Waals surface area contributed by atoms with Gasteiger partial charge in [0.25, 0.3) is 6.43 Å². The number of hydrogen-bond donors (Lipinski definition) is 2. The highest BCUT2D eigenvalue weighted by Gasteiger charge is 2.42. The van der Waals surface area contributed by atoms with Crippen molar-refractivity contribution < 1.29 is 32.6 Å². The van der Waals surface area contributed by atoms with Gasteiger partial charge in [0.1, 0.15) is 36.9 Å². The van der Waals surface area contributed by atoms with Crippen LogP contribution in [0.2, 0.25) is 0 Å². The molecule has 0 spiro atoms. The molecule has 0 saturated carbocycles. The van der Waals surface area contributed by atoms with Crippen molar-refractivity contribution >= 4 is 23.5 Å². The molecule has 4 rings (SSSR count). The van der Waals surface area contributed by atoms with E-state index in [1.807, 2.05) is 0 Å². The van der Waals surface area contributed by atoms with Gasteiger partial charge in [-0.05, 0) is 19.1 Å². The van der Waals surface area contributed by atoms with E-state index in [1.54, 1.807) is 29.7 Å². The highest BCUT2D eigenvalue weighted by molar-refractivity contribution is 5.90. The lowest BCUT2D eigenvalue weighted by molar-refractivity contribution is -0.121. The van der Waals surface area contributed by atoms with E-state index in [0.717, 1.165) is 4.90 Å². The molecule has 0 aliphatic carbocycles. The predicted octanol–water partition coefficient (Wildman–Crippen LogP) is 1.83. The Bertz CT molecular complexity index is 1030. The largest absolute Gasteiger partial charge is 0.491 e. The first kappa shape index (κ1) is 21.8. The van der Waals surface area contributed by atoms with Gasteiger partial charge in [-0.25, -0.2) is 23.5 Å². The van der Waals surface area contributed by atoms with E-state index < -0.39 is 43.2 Å². The molecule has 1 fully saturated rings. The number of cyclic esters (lactones) is 1. The number of alkyl halides is 2. The minimum absolute atomic E-state index is 0.0885. The van der Waals surface area contributed by atoms with Crippen LogP contribution < -0.4 is 20.7 Å². The molecule has 172 valence electrons. The molecular weight excluding hydrogens is 428 g/mol. The van der Waals surface area contributed by atoms with Crippen LogP contribution in [0.4, 0.5) is 25.1 Å². The lowest BCUT2D eigenvalue weighted by Crippen LogP contribution is -2.44. The Kier molecular flexibility index (Phi) is 5.87. The molecule has 3 heterocycles. The minimum atomic E-state index is -2.76. The van der Waals surface area contributed by atoms with Crippen molar-refractivity contribution in [3.8, 4) is 17.1 Å². The number of methoxy groups -OCH3 is 1. The second-order valence-electron chi connectivity index (χ2n) is 7.49. The zero-order valence-corrected chi connectivity index (χ0v) is 17.5. The number of nitrogens with zero attached hydrogens (tertiary/aromatic N) is 3. The molecule has 2 aliphatic heterocycles. The number of nitrogens with two attached hydrogens (primary N) is 1. The van der Waals surface area contributed by atoms with Crippen LogP contribution in [0.1, 0.15) is 6.92 Å². The molecule has 2 unspecified atom stereocenters. The summed E-state index contributed by atoms with van der Waals surface area (Å²) in [7, 11) is 1.48. The maximum atomic E-state index is 13.3. The summed E-state index contributed by atoms with van der Waals surface area (Å²) in [6, 6.07) is 3.00. The Morgan fingerprint density at radius 2 is 2.16 bits per heavy atom. The monoisotopic (exact) mass is 451 g/mol. The fourth-order valence-electron chi connectivity index (χ4n) is 3.69. The first-order valence-electron chi connectivity index (χ1n) is 9.97. The van der Waals surface area contributed by atoms with Crippen LogP contribution in [-0.2, 0) is 20.8 Å². The third-order valence-electron chi connectivity index (χ3n) is 5.49. The van der Waals surface area contributed by atoms with E-state index in [1.165, 1.54) is 13.3 Å². The molecule has 1 aromatic carbocycles. The second kappa shape index (κ2) is 8.61. The molecule has 1 saturated heterocycles. The summed E-state index contributed by atoms with van der Waals surface area (Å²) >= 11 is 0. The smallest absolute Gasteiger partial charge is 0.416 e. The number of aromatic nitrogens is 2. The first-order valence-corrected chi connectivity index (χ1v) is 9.97. The number of imidazole rings is 1. The van der Waals surface area contributed by atoms with E-state index in [0.29, 0.717) is 29.4 Å². The van der Waals surface area contributed by atoms with E-state index in [2.05, 4.69) is 10.3 Å². The highest BCUT2D eigenvalue weighted by Crippen LogP contribution is 2.37. The Hall–Kier alpha value is -3.41. The number of fused-ring (bicyclic) bond motifs is 3. The third-order valence-corrected chi connectivity index (χ3v) is 5.49. The zero-order chi connectivity index (χ0) is 23.0. The Morgan fingerprint density at radius 3 is 2.84 bits per heavy atom. The first-order chi connectivity index (χ1) is 15.3. The Balaban J connectivity index is 1.66. The number of benzene rings is 1. The van der Waals surface area contributed by atoms with Crippen molar-refractivity contribution in [1.29, 1.82) is 0 Å². The van der Waals surface area contributed by atoms with E-state index in [-0.39, 0.29) is 12.4 Å². The van der Waals surface area contributed by atoms with Gasteiger partial charge in [0.15, 0.2) is 5.82 Å². The standard InChI is InChI=1S/C20H23F2N5O5/c1-10(30-2)16(18(23)28)24-11-3-4-12-14(7-11)31-6-5-26-8-15(25-19(12)26)27-13(17(21)22)9-32-20(27)29/h3-4,7-8,10,13,16-17,24H,5-6,9H2,1-2H3,(H2,23,28)/t10?,13-,16?/m0/s1. The van der Waals surface area contributed by atoms with Gasteiger partial charge in [0.2, 0.25) is 5.91 Å². The number of hydrogen-bond acceptors (Lipinski definition) is 7. The van der Waals surface area contributed by atoms with Gasteiger partial charge < -0.3 is 29.8 Å². The number of carbonyl (C=O) groups excluding carboxylic acids is 2. The number of ether oxygens (including phenoxy) is 3. The summed E-state index contributed by atoms with van der Waals surface area (Å²) in [4.78, 5) is 29.1. The van der Waals surface area contributed by atoms with Crippen molar-refractivity contribution in [1.82, 2.24) is 9.55 Å². The summed E-state index contributed by atoms with van der Waals surface area (Å²) in [5.74, 6) is 0.462. The summed E-state index contributed by atoms with van der Waals surface area (Å²) in [6.45, 7) is 2.01. The van der Waals surface area contributed by atoms with Crippen molar-refractivity contribution in [3.63, 3.8) is 0 Å². The average Bonchev–Trinajstić information content (AvgIpc) is 3.30. The van der Waals surface area contributed by atoms with Crippen molar-refractivity contribution in [2.75, 3.05) is 30.5 Å². The van der Waals surface area contributed by atoms with E-state index in [4.69, 9.17) is 19.9 Å². The van der Waals surface area contributed by atoms with Crippen molar-refractivity contribution in [2.45, 2.75) is 38.1 Å². The molecule has 2 amide bonds. The summed E-state index contributed by atoms with van der Waals surface area (Å²) in [6.07, 6.45) is -2.55. The molecule has 32 heavy (non-hydrogen) atoms. The van der Waals surface area contributed by atoms with Gasteiger partial charge in [0.05, 0.1) is 18.2 Å². The Labute approximate surface area is 182 Å². The van der Waals surface area contributed by atoms with Crippen LogP contribution in [0.3, 0.4) is 0 Å². The van der Waals surface area contributed by atoms with E-state index in [9.17, 15) is 18.4 Å².